The highest BCUT2D eigenvalue weighted by atomic mass is 35.5. The topological polar surface area (TPSA) is 46.6 Å². The van der Waals surface area contributed by atoms with Crippen LogP contribution in [0.3, 0.4) is 0 Å². The van der Waals surface area contributed by atoms with Crippen LogP contribution in [-0.4, -0.2) is 33.9 Å². The molecule has 1 aliphatic rings. The average Bonchev–Trinajstić information content (AvgIpc) is 3.01. The summed E-state index contributed by atoms with van der Waals surface area (Å²) in [6, 6.07) is 7.32. The summed E-state index contributed by atoms with van der Waals surface area (Å²) in [6.07, 6.45) is 3.16. The number of aryl methyl sites for hydroxylation is 1. The summed E-state index contributed by atoms with van der Waals surface area (Å²) >= 11 is 12.6. The van der Waals surface area contributed by atoms with Gasteiger partial charge in [0.15, 0.2) is 0 Å². The third-order valence-corrected chi connectivity index (χ3v) is 4.64. The zero-order valence-corrected chi connectivity index (χ0v) is 14.0. The molecule has 2 rings (SSSR count). The molecule has 1 amide bonds. The van der Waals surface area contributed by atoms with Crippen molar-refractivity contribution in [2.24, 2.45) is 0 Å². The highest BCUT2D eigenvalue weighted by molar-refractivity contribution is 8.02. The smallest absolute Gasteiger partial charge is 0.326 e. The van der Waals surface area contributed by atoms with Crippen LogP contribution >= 0.6 is 35.0 Å². The number of benzene rings is 1. The van der Waals surface area contributed by atoms with Crippen LogP contribution in [0.1, 0.15) is 12.0 Å². The van der Waals surface area contributed by atoms with Crippen molar-refractivity contribution >= 4 is 46.8 Å². The van der Waals surface area contributed by atoms with Crippen LogP contribution in [0.5, 0.6) is 5.75 Å². The van der Waals surface area contributed by atoms with E-state index in [2.05, 4.69) is 0 Å². The highest BCUT2D eigenvalue weighted by Crippen LogP contribution is 2.30. The van der Waals surface area contributed by atoms with E-state index >= 15 is 0 Å². The maximum Gasteiger partial charge on any atom is 0.326 e. The third-order valence-electron chi connectivity index (χ3n) is 3.14. The minimum absolute atomic E-state index is 0.0167. The van der Waals surface area contributed by atoms with E-state index in [1.54, 1.807) is 35.0 Å². The summed E-state index contributed by atoms with van der Waals surface area (Å²) < 4.78 is 5.21. The van der Waals surface area contributed by atoms with Crippen molar-refractivity contribution in [3.63, 3.8) is 0 Å². The first-order chi connectivity index (χ1) is 10.7. The molecule has 0 N–H and O–H groups in total. The standard InChI is InChI=1S/C15H15Cl2NO3S/c16-9-13(19)18-7-8-22-14(18)6-5-11-3-1-2-4-12(11)21-15(20)10-17/h1-4,7-8,14H,5-6,9-10H2. The minimum atomic E-state index is -0.482. The molecule has 7 heteroatoms. The number of alkyl halides is 2. The number of ether oxygens (including phenoxy) is 1. The molecule has 1 unspecified atom stereocenters. The molecule has 0 radical (unpaired) electrons. The molecule has 0 aromatic heterocycles. The second kappa shape index (κ2) is 8.46. The zero-order chi connectivity index (χ0) is 15.9. The summed E-state index contributed by atoms with van der Waals surface area (Å²) in [5.41, 5.74) is 0.909. The zero-order valence-electron chi connectivity index (χ0n) is 11.7. The van der Waals surface area contributed by atoms with Gasteiger partial charge in [-0.1, -0.05) is 18.2 Å². The predicted molar refractivity (Wildman–Crippen MR) is 89.2 cm³/mol. The third kappa shape index (κ3) is 4.41. The van der Waals surface area contributed by atoms with Crippen LogP contribution in [0, 0.1) is 0 Å². The molecule has 1 aromatic carbocycles. The Morgan fingerprint density at radius 3 is 2.73 bits per heavy atom. The van der Waals surface area contributed by atoms with Gasteiger partial charge in [0.2, 0.25) is 5.91 Å². The van der Waals surface area contributed by atoms with Crippen LogP contribution in [0.15, 0.2) is 35.9 Å². The molecule has 0 spiro atoms. The van der Waals surface area contributed by atoms with E-state index in [1.165, 1.54) is 0 Å². The number of amides is 1. The van der Waals surface area contributed by atoms with Crippen molar-refractivity contribution in [1.82, 2.24) is 4.90 Å². The minimum Gasteiger partial charge on any atom is -0.425 e. The lowest BCUT2D eigenvalue weighted by Gasteiger charge is -2.22. The lowest BCUT2D eigenvalue weighted by molar-refractivity contribution is -0.131. The molecule has 22 heavy (non-hydrogen) atoms. The van der Waals surface area contributed by atoms with Crippen molar-refractivity contribution < 1.29 is 14.3 Å². The maximum atomic E-state index is 11.7. The molecule has 1 heterocycles. The SMILES string of the molecule is O=C(CCl)Oc1ccccc1CCC1SC=CN1C(=O)CCl. The van der Waals surface area contributed by atoms with Gasteiger partial charge < -0.3 is 9.64 Å². The Hall–Kier alpha value is -1.17. The summed E-state index contributed by atoms with van der Waals surface area (Å²) in [6.45, 7) is 0. The molecular weight excluding hydrogens is 345 g/mol. The van der Waals surface area contributed by atoms with E-state index < -0.39 is 5.97 Å². The molecular formula is C15H15Cl2NO3S. The Kier molecular flexibility index (Phi) is 6.61. The largest absolute Gasteiger partial charge is 0.425 e. The van der Waals surface area contributed by atoms with Gasteiger partial charge in [-0.15, -0.1) is 35.0 Å². The van der Waals surface area contributed by atoms with Gasteiger partial charge in [0.05, 0.1) is 5.37 Å². The van der Waals surface area contributed by atoms with Gasteiger partial charge in [0, 0.05) is 6.20 Å². The van der Waals surface area contributed by atoms with Gasteiger partial charge in [-0.2, -0.15) is 0 Å². The normalized spacial score (nSPS) is 16.8. The molecule has 4 nitrogen and oxygen atoms in total. The van der Waals surface area contributed by atoms with Crippen LogP contribution in [0.4, 0.5) is 0 Å². The number of hydrogen-bond acceptors (Lipinski definition) is 4. The molecule has 0 aliphatic carbocycles. The number of hydrogen-bond donors (Lipinski definition) is 0. The fraction of sp³-hybridized carbons (Fsp3) is 0.333. The number of para-hydroxylation sites is 1. The number of esters is 1. The first-order valence-corrected chi connectivity index (χ1v) is 8.70. The van der Waals surface area contributed by atoms with Crippen LogP contribution < -0.4 is 4.74 Å². The number of carbonyl (C=O) groups excluding carboxylic acids is 2. The Bertz CT molecular complexity index is 580. The predicted octanol–water partition coefficient (Wildman–Crippen LogP) is 3.37. The second-order valence-electron chi connectivity index (χ2n) is 4.56. The number of halogens is 2. The summed E-state index contributed by atoms with van der Waals surface area (Å²) in [5.74, 6) is -0.306. The van der Waals surface area contributed by atoms with Crippen molar-refractivity contribution in [1.29, 1.82) is 0 Å². The maximum absolute atomic E-state index is 11.7. The summed E-state index contributed by atoms with van der Waals surface area (Å²) in [4.78, 5) is 24.7. The number of rotatable bonds is 6. The van der Waals surface area contributed by atoms with Crippen molar-refractivity contribution in [2.75, 3.05) is 11.8 Å². The lowest BCUT2D eigenvalue weighted by atomic mass is 10.1. The van der Waals surface area contributed by atoms with Gasteiger partial charge in [-0.3, -0.25) is 9.59 Å². The van der Waals surface area contributed by atoms with Crippen molar-refractivity contribution in [3.05, 3.63) is 41.4 Å². The second-order valence-corrected chi connectivity index (χ2v) is 6.19. The van der Waals surface area contributed by atoms with Gasteiger partial charge in [0.1, 0.15) is 17.5 Å². The Labute approximate surface area is 143 Å². The van der Waals surface area contributed by atoms with Gasteiger partial charge in [-0.05, 0) is 29.9 Å². The molecule has 0 saturated carbocycles. The first-order valence-electron chi connectivity index (χ1n) is 6.69. The van der Waals surface area contributed by atoms with E-state index in [-0.39, 0.29) is 23.0 Å². The van der Waals surface area contributed by atoms with Crippen LogP contribution in [-0.2, 0) is 16.0 Å². The Morgan fingerprint density at radius 2 is 2.00 bits per heavy atom. The molecule has 118 valence electrons. The molecule has 0 fully saturated rings. The molecule has 1 aliphatic heterocycles. The van der Waals surface area contributed by atoms with Gasteiger partial charge in [-0.25, -0.2) is 0 Å². The summed E-state index contributed by atoms with van der Waals surface area (Å²) in [5, 5.41) is 1.90. The number of carbonyl (C=O) groups is 2. The number of thioether (sulfide) groups is 1. The van der Waals surface area contributed by atoms with Gasteiger partial charge in [0.25, 0.3) is 0 Å². The van der Waals surface area contributed by atoms with E-state index in [0.29, 0.717) is 12.2 Å². The van der Waals surface area contributed by atoms with Crippen LogP contribution in [0.25, 0.3) is 0 Å². The fourth-order valence-corrected chi connectivity index (χ4v) is 3.26. The quantitative estimate of drug-likeness (QED) is 0.443. The van der Waals surface area contributed by atoms with E-state index in [4.69, 9.17) is 27.9 Å². The fourth-order valence-electron chi connectivity index (χ4n) is 2.11. The lowest BCUT2D eigenvalue weighted by Crippen LogP contribution is -2.32. The number of nitrogens with zero attached hydrogens (tertiary/aromatic N) is 1. The first kappa shape index (κ1) is 17.2. The highest BCUT2D eigenvalue weighted by Gasteiger charge is 2.25. The Balaban J connectivity index is 2.00. The van der Waals surface area contributed by atoms with E-state index in [1.807, 2.05) is 17.5 Å². The van der Waals surface area contributed by atoms with Gasteiger partial charge >= 0.3 is 5.97 Å². The molecule has 0 bridgehead atoms. The molecule has 0 saturated heterocycles. The van der Waals surface area contributed by atoms with Crippen molar-refractivity contribution in [2.45, 2.75) is 18.2 Å². The van der Waals surface area contributed by atoms with E-state index in [9.17, 15) is 9.59 Å². The van der Waals surface area contributed by atoms with Crippen molar-refractivity contribution in [3.8, 4) is 5.75 Å². The molecule has 1 aromatic rings. The monoisotopic (exact) mass is 359 g/mol. The van der Waals surface area contributed by atoms with Crippen LogP contribution in [0.2, 0.25) is 0 Å². The average molecular weight is 360 g/mol. The summed E-state index contributed by atoms with van der Waals surface area (Å²) in [7, 11) is 0. The Morgan fingerprint density at radius 1 is 1.23 bits per heavy atom. The van der Waals surface area contributed by atoms with E-state index in [0.717, 1.165) is 12.0 Å². The molecule has 1 atom stereocenters.